The highest BCUT2D eigenvalue weighted by molar-refractivity contribution is 6.11. The summed E-state index contributed by atoms with van der Waals surface area (Å²) in [6, 6.07) is 30.0. The fourth-order valence-corrected chi connectivity index (χ4v) is 3.92. The first-order valence-electron chi connectivity index (χ1n) is 9.43. The average molecular weight is 375 g/mol. The minimum Gasteiger partial charge on any atom is -0.309 e. The van der Waals surface area contributed by atoms with Gasteiger partial charge in [0.25, 0.3) is 0 Å². The number of hydrogen-bond donors (Lipinski definition) is 0. The van der Waals surface area contributed by atoms with Crippen LogP contribution >= 0.6 is 0 Å². The summed E-state index contributed by atoms with van der Waals surface area (Å²) in [7, 11) is 0. The molecule has 3 heteroatoms. The molecule has 0 amide bonds. The van der Waals surface area contributed by atoms with Gasteiger partial charge in [0.2, 0.25) is 0 Å². The van der Waals surface area contributed by atoms with Gasteiger partial charge < -0.3 is 4.57 Å². The lowest BCUT2D eigenvalue weighted by Gasteiger charge is -2.09. The average Bonchev–Trinajstić information content (AvgIpc) is 3.12. The molecule has 29 heavy (non-hydrogen) atoms. The van der Waals surface area contributed by atoms with Crippen LogP contribution in [-0.4, -0.2) is 17.1 Å². The van der Waals surface area contributed by atoms with Crippen LogP contribution in [0.2, 0.25) is 0 Å². The zero-order valence-electron chi connectivity index (χ0n) is 15.6. The molecule has 0 unspecified atom stereocenters. The molecule has 0 spiro atoms. The standard InChI is InChI=1S/C26H17NO2/c28-16-18-6-12-25-23(14-18)24-15-19(17-29)7-13-26(24)27(25)22-10-8-21(9-11-22)20-4-2-1-3-5-20/h1-17H. The Labute approximate surface area is 167 Å². The van der Waals surface area contributed by atoms with E-state index < -0.39 is 0 Å². The molecule has 1 heterocycles. The van der Waals surface area contributed by atoms with Gasteiger partial charge in [0.05, 0.1) is 11.0 Å². The zero-order valence-corrected chi connectivity index (χ0v) is 15.6. The molecule has 0 aliphatic rings. The smallest absolute Gasteiger partial charge is 0.150 e. The van der Waals surface area contributed by atoms with Crippen LogP contribution in [-0.2, 0) is 0 Å². The fourth-order valence-electron chi connectivity index (χ4n) is 3.92. The maximum absolute atomic E-state index is 11.3. The molecular formula is C26H17NO2. The molecule has 0 saturated heterocycles. The first-order valence-corrected chi connectivity index (χ1v) is 9.43. The van der Waals surface area contributed by atoms with Gasteiger partial charge in [-0.05, 0) is 59.7 Å². The highest BCUT2D eigenvalue weighted by atomic mass is 16.1. The number of aromatic nitrogens is 1. The molecule has 1 aromatic heterocycles. The minimum atomic E-state index is 0.618. The summed E-state index contributed by atoms with van der Waals surface area (Å²) in [5.41, 5.74) is 6.60. The Morgan fingerprint density at radius 2 is 1.07 bits per heavy atom. The van der Waals surface area contributed by atoms with Crippen LogP contribution in [0.5, 0.6) is 0 Å². The predicted molar refractivity (Wildman–Crippen MR) is 117 cm³/mol. The van der Waals surface area contributed by atoms with E-state index in [0.717, 1.165) is 45.6 Å². The molecule has 0 aliphatic carbocycles. The summed E-state index contributed by atoms with van der Waals surface area (Å²) in [6.07, 6.45) is 1.70. The SMILES string of the molecule is O=Cc1ccc2c(c1)c1cc(C=O)ccc1n2-c1ccc(-c2ccccc2)cc1. The van der Waals surface area contributed by atoms with Crippen molar-refractivity contribution in [2.75, 3.05) is 0 Å². The van der Waals surface area contributed by atoms with Crippen molar-refractivity contribution in [3.8, 4) is 16.8 Å². The van der Waals surface area contributed by atoms with Crippen molar-refractivity contribution in [1.82, 2.24) is 4.57 Å². The number of rotatable bonds is 4. The molecule has 0 aliphatic heterocycles. The van der Waals surface area contributed by atoms with Crippen molar-refractivity contribution in [2.24, 2.45) is 0 Å². The van der Waals surface area contributed by atoms with Gasteiger partial charge in [0, 0.05) is 27.6 Å². The van der Waals surface area contributed by atoms with Crippen LogP contribution < -0.4 is 0 Å². The number of carbonyl (C=O) groups is 2. The Bertz CT molecular complexity index is 1300. The van der Waals surface area contributed by atoms with E-state index in [2.05, 4.69) is 41.0 Å². The minimum absolute atomic E-state index is 0.618. The molecule has 0 atom stereocenters. The maximum atomic E-state index is 11.3. The molecule has 3 nitrogen and oxygen atoms in total. The van der Waals surface area contributed by atoms with Crippen molar-refractivity contribution in [1.29, 1.82) is 0 Å². The van der Waals surface area contributed by atoms with Crippen LogP contribution in [0.25, 0.3) is 38.6 Å². The highest BCUT2D eigenvalue weighted by Crippen LogP contribution is 2.33. The summed E-state index contributed by atoms with van der Waals surface area (Å²) in [5.74, 6) is 0. The third-order valence-corrected chi connectivity index (χ3v) is 5.32. The Morgan fingerprint density at radius 1 is 0.552 bits per heavy atom. The summed E-state index contributed by atoms with van der Waals surface area (Å²) >= 11 is 0. The number of nitrogens with zero attached hydrogens (tertiary/aromatic N) is 1. The zero-order chi connectivity index (χ0) is 19.8. The number of fused-ring (bicyclic) bond motifs is 3. The van der Waals surface area contributed by atoms with Crippen molar-refractivity contribution in [3.63, 3.8) is 0 Å². The van der Waals surface area contributed by atoms with Crippen LogP contribution in [0.4, 0.5) is 0 Å². The van der Waals surface area contributed by atoms with Gasteiger partial charge in [-0.1, -0.05) is 42.5 Å². The van der Waals surface area contributed by atoms with Gasteiger partial charge in [0.1, 0.15) is 12.6 Å². The third kappa shape index (κ3) is 2.84. The van der Waals surface area contributed by atoms with Crippen molar-refractivity contribution >= 4 is 34.4 Å². The van der Waals surface area contributed by atoms with Crippen molar-refractivity contribution < 1.29 is 9.59 Å². The van der Waals surface area contributed by atoms with E-state index in [0.29, 0.717) is 11.1 Å². The lowest BCUT2D eigenvalue weighted by Crippen LogP contribution is -1.94. The number of aldehydes is 2. The summed E-state index contributed by atoms with van der Waals surface area (Å²) in [6.45, 7) is 0. The molecule has 0 saturated carbocycles. The van der Waals surface area contributed by atoms with Crippen LogP contribution in [0, 0.1) is 0 Å². The van der Waals surface area contributed by atoms with E-state index in [-0.39, 0.29) is 0 Å². The Hall–Kier alpha value is -3.98. The van der Waals surface area contributed by atoms with Crippen molar-refractivity contribution in [3.05, 3.63) is 102 Å². The van der Waals surface area contributed by atoms with Crippen LogP contribution in [0.1, 0.15) is 20.7 Å². The van der Waals surface area contributed by atoms with E-state index in [1.807, 2.05) is 54.6 Å². The monoisotopic (exact) mass is 375 g/mol. The molecule has 5 aromatic rings. The molecular weight excluding hydrogens is 358 g/mol. The third-order valence-electron chi connectivity index (χ3n) is 5.32. The topological polar surface area (TPSA) is 39.1 Å². The van der Waals surface area contributed by atoms with E-state index in [4.69, 9.17) is 0 Å². The van der Waals surface area contributed by atoms with Gasteiger partial charge in [0.15, 0.2) is 0 Å². The van der Waals surface area contributed by atoms with Gasteiger partial charge in [-0.2, -0.15) is 0 Å². The normalized spacial score (nSPS) is 11.0. The molecule has 4 aromatic carbocycles. The molecule has 0 radical (unpaired) electrons. The molecule has 0 N–H and O–H groups in total. The second-order valence-corrected chi connectivity index (χ2v) is 7.04. The lowest BCUT2D eigenvalue weighted by molar-refractivity contribution is 0.111. The van der Waals surface area contributed by atoms with Crippen LogP contribution in [0.3, 0.4) is 0 Å². The lowest BCUT2D eigenvalue weighted by atomic mass is 10.1. The number of hydrogen-bond acceptors (Lipinski definition) is 2. The Morgan fingerprint density at radius 3 is 1.59 bits per heavy atom. The number of carbonyl (C=O) groups excluding carboxylic acids is 2. The van der Waals surface area contributed by atoms with Crippen LogP contribution in [0.15, 0.2) is 91.0 Å². The predicted octanol–water partition coefficient (Wildman–Crippen LogP) is 6.08. The second kappa shape index (κ2) is 6.88. The molecule has 0 bridgehead atoms. The van der Waals surface area contributed by atoms with E-state index in [9.17, 15) is 9.59 Å². The van der Waals surface area contributed by atoms with Gasteiger partial charge in [-0.15, -0.1) is 0 Å². The first kappa shape index (κ1) is 17.1. The number of benzene rings is 4. The molecule has 0 fully saturated rings. The summed E-state index contributed by atoms with van der Waals surface area (Å²) in [4.78, 5) is 22.6. The quantitative estimate of drug-likeness (QED) is 0.357. The van der Waals surface area contributed by atoms with E-state index in [1.54, 1.807) is 0 Å². The fraction of sp³-hybridized carbons (Fsp3) is 0. The first-order chi connectivity index (χ1) is 14.3. The van der Waals surface area contributed by atoms with Crippen molar-refractivity contribution in [2.45, 2.75) is 0 Å². The summed E-state index contributed by atoms with van der Waals surface area (Å²) < 4.78 is 2.17. The molecule has 5 rings (SSSR count). The van der Waals surface area contributed by atoms with Gasteiger partial charge in [-0.3, -0.25) is 9.59 Å². The van der Waals surface area contributed by atoms with Gasteiger partial charge >= 0.3 is 0 Å². The Kier molecular flexibility index (Phi) is 4.07. The Balaban J connectivity index is 1.75. The summed E-state index contributed by atoms with van der Waals surface area (Å²) in [5, 5.41) is 1.92. The second-order valence-electron chi connectivity index (χ2n) is 7.04. The van der Waals surface area contributed by atoms with E-state index in [1.165, 1.54) is 5.56 Å². The largest absolute Gasteiger partial charge is 0.309 e. The highest BCUT2D eigenvalue weighted by Gasteiger charge is 2.13. The molecule has 138 valence electrons. The van der Waals surface area contributed by atoms with Gasteiger partial charge in [-0.25, -0.2) is 0 Å². The van der Waals surface area contributed by atoms with E-state index >= 15 is 0 Å². The maximum Gasteiger partial charge on any atom is 0.150 e.